The lowest BCUT2D eigenvalue weighted by Crippen LogP contribution is -2.38. The molecule has 15 heavy (non-hydrogen) atoms. The van der Waals surface area contributed by atoms with Crippen LogP contribution < -0.4 is 15.0 Å². The third kappa shape index (κ3) is 1.72. The van der Waals surface area contributed by atoms with Crippen LogP contribution in [-0.4, -0.2) is 31.1 Å². The molecular formula is C10H13N3O2. The van der Waals surface area contributed by atoms with Crippen molar-refractivity contribution in [3.8, 4) is 5.88 Å². The smallest absolute Gasteiger partial charge is 0.244 e. The Morgan fingerprint density at radius 1 is 1.60 bits per heavy atom. The molecule has 0 bridgehead atoms. The Hall–Kier alpha value is -1.78. The monoisotopic (exact) mass is 207 g/mol. The maximum absolute atomic E-state index is 11.3. The molecule has 0 saturated heterocycles. The van der Waals surface area contributed by atoms with Crippen molar-refractivity contribution in [2.75, 3.05) is 30.4 Å². The highest BCUT2D eigenvalue weighted by atomic mass is 16.5. The summed E-state index contributed by atoms with van der Waals surface area (Å²) in [5.41, 5.74) is 0.744. The topological polar surface area (TPSA) is 54.5 Å². The number of amides is 1. The van der Waals surface area contributed by atoms with Crippen molar-refractivity contribution in [2.45, 2.75) is 6.92 Å². The van der Waals surface area contributed by atoms with E-state index in [1.54, 1.807) is 19.2 Å². The number of nitrogens with one attached hydrogen (secondary N) is 1. The van der Waals surface area contributed by atoms with Crippen molar-refractivity contribution in [1.29, 1.82) is 0 Å². The van der Waals surface area contributed by atoms with Crippen molar-refractivity contribution < 1.29 is 9.53 Å². The zero-order chi connectivity index (χ0) is 10.8. The second kappa shape index (κ2) is 3.76. The lowest BCUT2D eigenvalue weighted by Gasteiger charge is -2.28. The highest BCUT2D eigenvalue weighted by Gasteiger charge is 2.22. The van der Waals surface area contributed by atoms with Crippen LogP contribution in [0, 0.1) is 0 Å². The number of rotatable bonds is 2. The van der Waals surface area contributed by atoms with Gasteiger partial charge in [0.05, 0.1) is 19.3 Å². The van der Waals surface area contributed by atoms with Gasteiger partial charge in [-0.2, -0.15) is 4.98 Å². The van der Waals surface area contributed by atoms with Crippen LogP contribution >= 0.6 is 0 Å². The molecule has 0 saturated carbocycles. The molecule has 1 aliphatic heterocycles. The Labute approximate surface area is 88.1 Å². The molecule has 2 heterocycles. The van der Waals surface area contributed by atoms with E-state index >= 15 is 0 Å². The predicted molar refractivity (Wildman–Crippen MR) is 57.3 cm³/mol. The highest BCUT2D eigenvalue weighted by Crippen LogP contribution is 2.28. The Balaban J connectivity index is 2.42. The van der Waals surface area contributed by atoms with Crippen LogP contribution in [0.3, 0.4) is 0 Å². The number of carbonyl (C=O) groups is 1. The Morgan fingerprint density at radius 3 is 3.07 bits per heavy atom. The fraction of sp³-hybridized carbons (Fsp3) is 0.400. The summed E-state index contributed by atoms with van der Waals surface area (Å²) in [6.45, 7) is 3.09. The van der Waals surface area contributed by atoms with Crippen LogP contribution in [0.25, 0.3) is 0 Å². The average molecular weight is 207 g/mol. The lowest BCUT2D eigenvalue weighted by molar-refractivity contribution is -0.115. The summed E-state index contributed by atoms with van der Waals surface area (Å²) >= 11 is 0. The molecule has 0 radical (unpaired) electrons. The standard InChI is InChI=1S/C10H13N3O2/c1-3-13-6-8(14)11-7-4-5-9(15-2)12-10(7)13/h4-5H,3,6H2,1-2H3,(H,11,14). The number of pyridine rings is 1. The highest BCUT2D eigenvalue weighted by molar-refractivity contribution is 6.00. The largest absolute Gasteiger partial charge is 0.481 e. The van der Waals surface area contributed by atoms with Gasteiger partial charge in [-0.15, -0.1) is 0 Å². The molecule has 1 aromatic heterocycles. The number of nitrogens with zero attached hydrogens (tertiary/aromatic N) is 2. The zero-order valence-electron chi connectivity index (χ0n) is 8.78. The molecule has 1 aromatic rings. The van der Waals surface area contributed by atoms with E-state index in [1.807, 2.05) is 11.8 Å². The number of aromatic nitrogens is 1. The number of anilines is 2. The minimum absolute atomic E-state index is 0.00341. The number of hydrogen-bond acceptors (Lipinski definition) is 4. The first-order chi connectivity index (χ1) is 7.24. The van der Waals surface area contributed by atoms with Crippen LogP contribution in [0.15, 0.2) is 12.1 Å². The van der Waals surface area contributed by atoms with Gasteiger partial charge in [-0.05, 0) is 13.0 Å². The van der Waals surface area contributed by atoms with Gasteiger partial charge in [-0.25, -0.2) is 0 Å². The van der Waals surface area contributed by atoms with Crippen LogP contribution in [-0.2, 0) is 4.79 Å². The van der Waals surface area contributed by atoms with Gasteiger partial charge in [0.15, 0.2) is 5.82 Å². The van der Waals surface area contributed by atoms with E-state index in [2.05, 4.69) is 10.3 Å². The summed E-state index contributed by atoms with van der Waals surface area (Å²) in [4.78, 5) is 17.6. The summed E-state index contributed by atoms with van der Waals surface area (Å²) in [6.07, 6.45) is 0. The van der Waals surface area contributed by atoms with Crippen LogP contribution in [0.1, 0.15) is 6.92 Å². The number of fused-ring (bicyclic) bond motifs is 1. The molecule has 0 aliphatic carbocycles. The van der Waals surface area contributed by atoms with Crippen molar-refractivity contribution >= 4 is 17.4 Å². The summed E-state index contributed by atoms with van der Waals surface area (Å²) < 4.78 is 5.05. The summed E-state index contributed by atoms with van der Waals surface area (Å²) in [7, 11) is 1.58. The predicted octanol–water partition coefficient (Wildman–Crippen LogP) is 0.869. The summed E-state index contributed by atoms with van der Waals surface area (Å²) in [5, 5.41) is 2.78. The van der Waals surface area contributed by atoms with Gasteiger partial charge in [0.1, 0.15) is 0 Å². The Bertz CT molecular complexity index is 392. The molecule has 80 valence electrons. The lowest BCUT2D eigenvalue weighted by atomic mass is 10.2. The molecule has 2 rings (SSSR count). The van der Waals surface area contributed by atoms with Gasteiger partial charge in [0.2, 0.25) is 11.8 Å². The van der Waals surface area contributed by atoms with Crippen molar-refractivity contribution in [2.24, 2.45) is 0 Å². The van der Waals surface area contributed by atoms with Crippen LogP contribution in [0.4, 0.5) is 11.5 Å². The van der Waals surface area contributed by atoms with Gasteiger partial charge in [-0.1, -0.05) is 0 Å². The zero-order valence-corrected chi connectivity index (χ0v) is 8.78. The maximum atomic E-state index is 11.3. The first-order valence-electron chi connectivity index (χ1n) is 4.84. The number of likely N-dealkylation sites (N-methyl/N-ethyl adjacent to an activating group) is 1. The third-order valence-corrected chi connectivity index (χ3v) is 2.35. The van der Waals surface area contributed by atoms with Gasteiger partial charge in [0.25, 0.3) is 0 Å². The van der Waals surface area contributed by atoms with Crippen LogP contribution in [0.5, 0.6) is 5.88 Å². The molecule has 0 fully saturated rings. The molecule has 5 heteroatoms. The third-order valence-electron chi connectivity index (χ3n) is 2.35. The fourth-order valence-corrected chi connectivity index (χ4v) is 1.58. The quantitative estimate of drug-likeness (QED) is 0.781. The Kier molecular flexibility index (Phi) is 2.45. The second-order valence-corrected chi connectivity index (χ2v) is 3.29. The van der Waals surface area contributed by atoms with E-state index in [0.29, 0.717) is 12.4 Å². The molecule has 0 unspecified atom stereocenters. The fourth-order valence-electron chi connectivity index (χ4n) is 1.58. The normalized spacial score (nSPS) is 14.5. The van der Waals surface area contributed by atoms with E-state index in [-0.39, 0.29) is 5.91 Å². The minimum Gasteiger partial charge on any atom is -0.481 e. The van der Waals surface area contributed by atoms with Crippen molar-refractivity contribution in [3.05, 3.63) is 12.1 Å². The van der Waals surface area contributed by atoms with E-state index in [4.69, 9.17) is 4.74 Å². The van der Waals surface area contributed by atoms with Gasteiger partial charge < -0.3 is 15.0 Å². The maximum Gasteiger partial charge on any atom is 0.244 e. The Morgan fingerprint density at radius 2 is 2.40 bits per heavy atom. The molecule has 5 nitrogen and oxygen atoms in total. The first-order valence-corrected chi connectivity index (χ1v) is 4.84. The number of methoxy groups -OCH3 is 1. The van der Waals surface area contributed by atoms with Gasteiger partial charge in [-0.3, -0.25) is 4.79 Å². The summed E-state index contributed by atoms with van der Waals surface area (Å²) in [5.74, 6) is 1.33. The molecule has 0 spiro atoms. The molecule has 1 aliphatic rings. The molecule has 1 N–H and O–H groups in total. The second-order valence-electron chi connectivity index (χ2n) is 3.29. The SMILES string of the molecule is CCN1CC(=O)Nc2ccc(OC)nc21. The number of hydrogen-bond donors (Lipinski definition) is 1. The van der Waals surface area contributed by atoms with Gasteiger partial charge >= 0.3 is 0 Å². The van der Waals surface area contributed by atoms with Gasteiger partial charge in [0, 0.05) is 12.6 Å². The molecule has 0 aromatic carbocycles. The van der Waals surface area contributed by atoms with E-state index < -0.39 is 0 Å². The first kappa shape index (κ1) is 9.76. The van der Waals surface area contributed by atoms with E-state index in [9.17, 15) is 4.79 Å². The minimum atomic E-state index is -0.00341. The molecule has 1 amide bonds. The van der Waals surface area contributed by atoms with Crippen LogP contribution in [0.2, 0.25) is 0 Å². The van der Waals surface area contributed by atoms with Crippen molar-refractivity contribution in [1.82, 2.24) is 4.98 Å². The number of carbonyl (C=O) groups excluding carboxylic acids is 1. The average Bonchev–Trinajstić information content (AvgIpc) is 2.27. The summed E-state index contributed by atoms with van der Waals surface area (Å²) in [6, 6.07) is 3.54. The van der Waals surface area contributed by atoms with E-state index in [0.717, 1.165) is 18.1 Å². The van der Waals surface area contributed by atoms with Crippen molar-refractivity contribution in [3.63, 3.8) is 0 Å². The molecular weight excluding hydrogens is 194 g/mol. The molecule has 0 atom stereocenters. The van der Waals surface area contributed by atoms with E-state index in [1.165, 1.54) is 0 Å². The number of ether oxygens (including phenoxy) is 1.